The van der Waals surface area contributed by atoms with Crippen molar-refractivity contribution in [2.24, 2.45) is 0 Å². The van der Waals surface area contributed by atoms with E-state index >= 15 is 0 Å². The highest BCUT2D eigenvalue weighted by atomic mass is 16.3. The maximum absolute atomic E-state index is 6.91. The van der Waals surface area contributed by atoms with Gasteiger partial charge in [0, 0.05) is 55.3 Å². The molecule has 9 aromatic carbocycles. The lowest BCUT2D eigenvalue weighted by atomic mass is 9.99. The third-order valence-corrected chi connectivity index (χ3v) is 11.1. The van der Waals surface area contributed by atoms with Gasteiger partial charge >= 0.3 is 0 Å². The molecule has 11 rings (SSSR count). The lowest BCUT2D eigenvalue weighted by molar-refractivity contribution is 0.665. The minimum atomic E-state index is 0.855. The molecule has 0 aliphatic heterocycles. The van der Waals surface area contributed by atoms with E-state index in [1.165, 1.54) is 22.3 Å². The number of anilines is 3. The number of hydrogen-bond acceptors (Lipinski definition) is 3. The molecule has 0 saturated carbocycles. The monoisotopic (exact) mass is 729 g/mol. The zero-order valence-corrected chi connectivity index (χ0v) is 31.0. The Morgan fingerprint density at radius 1 is 0.246 bits per heavy atom. The topological polar surface area (TPSA) is 29.5 Å². The van der Waals surface area contributed by atoms with Gasteiger partial charge in [-0.3, -0.25) is 0 Å². The number of furan rings is 2. The zero-order chi connectivity index (χ0) is 37.7. The Kier molecular flexibility index (Phi) is 7.82. The van der Waals surface area contributed by atoms with Gasteiger partial charge in [-0.1, -0.05) is 170 Å². The summed E-state index contributed by atoms with van der Waals surface area (Å²) in [5, 5.41) is 4.39. The first-order valence-electron chi connectivity index (χ1n) is 19.3. The second-order valence-corrected chi connectivity index (χ2v) is 14.5. The summed E-state index contributed by atoms with van der Waals surface area (Å²) < 4.78 is 13.4. The molecule has 0 spiro atoms. The number of rotatable bonds is 7. The van der Waals surface area contributed by atoms with Gasteiger partial charge in [-0.05, 0) is 70.3 Å². The van der Waals surface area contributed by atoms with Crippen LogP contribution in [0.15, 0.2) is 221 Å². The Labute approximate surface area is 330 Å². The molecular weight excluding hydrogens is 695 g/mol. The van der Waals surface area contributed by atoms with Crippen LogP contribution in [0.5, 0.6) is 0 Å². The molecule has 0 aliphatic carbocycles. The van der Waals surface area contributed by atoms with Crippen LogP contribution < -0.4 is 4.90 Å². The number of hydrogen-bond donors (Lipinski definition) is 0. The minimum Gasteiger partial charge on any atom is -0.455 e. The Balaban J connectivity index is 0.995. The van der Waals surface area contributed by atoms with Gasteiger partial charge in [-0.25, -0.2) is 0 Å². The quantitative estimate of drug-likeness (QED) is 0.164. The summed E-state index contributed by atoms with van der Waals surface area (Å²) in [6, 6.07) is 74.9. The van der Waals surface area contributed by atoms with Gasteiger partial charge in [0.1, 0.15) is 22.3 Å². The lowest BCUT2D eigenvalue weighted by Gasteiger charge is -2.26. The third-order valence-electron chi connectivity index (χ3n) is 11.1. The molecule has 0 radical (unpaired) electrons. The standard InChI is InChI=1S/C54H35NO2/c1-3-12-36(13-4-1)38-24-30-41(31-25-38)55(42-32-26-39(27-33-42)37-14-5-2-6-15-37)43-34-28-40(29-35-43)44-17-9-19-47-49-21-11-22-50(54(49)57-52(44)47)48-20-10-18-46-45-16-7-8-23-51(45)56-53(46)48/h1-35H. The van der Waals surface area contributed by atoms with Crippen molar-refractivity contribution in [1.82, 2.24) is 0 Å². The van der Waals surface area contributed by atoms with E-state index in [4.69, 9.17) is 8.83 Å². The van der Waals surface area contributed by atoms with Crippen molar-refractivity contribution in [3.8, 4) is 44.5 Å². The molecule has 57 heavy (non-hydrogen) atoms. The van der Waals surface area contributed by atoms with Crippen LogP contribution in [0.3, 0.4) is 0 Å². The number of para-hydroxylation sites is 4. The summed E-state index contributed by atoms with van der Waals surface area (Å²) in [5.41, 5.74) is 15.7. The average Bonchev–Trinajstić information content (AvgIpc) is 3.87. The minimum absolute atomic E-state index is 0.855. The fraction of sp³-hybridized carbons (Fsp3) is 0. The van der Waals surface area contributed by atoms with Gasteiger partial charge in [0.15, 0.2) is 0 Å². The summed E-state index contributed by atoms with van der Waals surface area (Å²) in [4.78, 5) is 2.32. The van der Waals surface area contributed by atoms with Crippen LogP contribution >= 0.6 is 0 Å². The SMILES string of the molecule is c1ccc(-c2ccc(N(c3ccc(-c4ccccc4)cc3)c3ccc(-c4cccc5c4oc4c(-c6cccc7c6oc6ccccc67)cccc45)cc3)cc2)cc1. The second kappa shape index (κ2) is 13.6. The molecule has 11 aromatic rings. The maximum atomic E-state index is 6.91. The summed E-state index contributed by atoms with van der Waals surface area (Å²) in [6.45, 7) is 0. The number of fused-ring (bicyclic) bond motifs is 6. The Morgan fingerprint density at radius 3 is 1.14 bits per heavy atom. The lowest BCUT2D eigenvalue weighted by Crippen LogP contribution is -2.09. The van der Waals surface area contributed by atoms with Gasteiger partial charge in [-0.2, -0.15) is 0 Å². The molecule has 2 aromatic heterocycles. The first-order valence-corrected chi connectivity index (χ1v) is 19.3. The van der Waals surface area contributed by atoms with Gasteiger partial charge in [0.05, 0.1) is 0 Å². The fourth-order valence-corrected chi connectivity index (χ4v) is 8.32. The Morgan fingerprint density at radius 2 is 0.614 bits per heavy atom. The molecule has 0 bridgehead atoms. The van der Waals surface area contributed by atoms with Gasteiger partial charge in [0.25, 0.3) is 0 Å². The highest BCUT2D eigenvalue weighted by molar-refractivity contribution is 6.16. The van der Waals surface area contributed by atoms with Crippen molar-refractivity contribution < 1.29 is 8.83 Å². The van der Waals surface area contributed by atoms with E-state index in [2.05, 4.69) is 205 Å². The van der Waals surface area contributed by atoms with E-state index in [-0.39, 0.29) is 0 Å². The van der Waals surface area contributed by atoms with Crippen molar-refractivity contribution in [3.63, 3.8) is 0 Å². The second-order valence-electron chi connectivity index (χ2n) is 14.5. The summed E-state index contributed by atoms with van der Waals surface area (Å²) >= 11 is 0. The van der Waals surface area contributed by atoms with Crippen molar-refractivity contribution >= 4 is 60.9 Å². The first kappa shape index (κ1) is 32.8. The predicted octanol–water partition coefficient (Wildman–Crippen LogP) is 15.6. The highest BCUT2D eigenvalue weighted by Gasteiger charge is 2.20. The van der Waals surface area contributed by atoms with Gasteiger partial charge in [0.2, 0.25) is 0 Å². The predicted molar refractivity (Wildman–Crippen MR) is 237 cm³/mol. The van der Waals surface area contributed by atoms with Crippen LogP contribution in [0, 0.1) is 0 Å². The Bertz CT molecular complexity index is 3110. The van der Waals surface area contributed by atoms with Gasteiger partial charge in [-0.15, -0.1) is 0 Å². The normalized spacial score (nSPS) is 11.5. The van der Waals surface area contributed by atoms with Crippen molar-refractivity contribution in [2.75, 3.05) is 4.90 Å². The molecule has 3 heteroatoms. The highest BCUT2D eigenvalue weighted by Crippen LogP contribution is 2.44. The average molecular weight is 730 g/mol. The molecule has 0 aliphatic rings. The molecule has 268 valence electrons. The first-order chi connectivity index (χ1) is 28.3. The van der Waals surface area contributed by atoms with Gasteiger partial charge < -0.3 is 13.7 Å². The van der Waals surface area contributed by atoms with Crippen LogP contribution in [0.25, 0.3) is 88.4 Å². The summed E-state index contributed by atoms with van der Waals surface area (Å²) in [7, 11) is 0. The third kappa shape index (κ3) is 5.68. The van der Waals surface area contributed by atoms with Crippen LogP contribution in [0.4, 0.5) is 17.1 Å². The van der Waals surface area contributed by atoms with Crippen LogP contribution in [-0.2, 0) is 0 Å². The van der Waals surface area contributed by atoms with E-state index in [1.54, 1.807) is 0 Å². The molecule has 0 saturated heterocycles. The Hall–Kier alpha value is -7.62. The molecule has 0 atom stereocenters. The smallest absolute Gasteiger partial charge is 0.143 e. The van der Waals surface area contributed by atoms with E-state index in [9.17, 15) is 0 Å². The number of nitrogens with zero attached hydrogens (tertiary/aromatic N) is 1. The molecule has 0 amide bonds. The van der Waals surface area contributed by atoms with E-state index in [1.807, 2.05) is 12.1 Å². The molecule has 2 heterocycles. The van der Waals surface area contributed by atoms with E-state index in [0.29, 0.717) is 0 Å². The molecule has 0 fully saturated rings. The van der Waals surface area contributed by atoms with E-state index in [0.717, 1.165) is 83.2 Å². The number of benzene rings is 9. The fourth-order valence-electron chi connectivity index (χ4n) is 8.32. The zero-order valence-electron chi connectivity index (χ0n) is 31.0. The van der Waals surface area contributed by atoms with Crippen LogP contribution in [0.1, 0.15) is 0 Å². The molecule has 3 nitrogen and oxygen atoms in total. The molecular formula is C54H35NO2. The molecule has 0 unspecified atom stereocenters. The van der Waals surface area contributed by atoms with Crippen molar-refractivity contribution in [1.29, 1.82) is 0 Å². The molecule has 0 N–H and O–H groups in total. The van der Waals surface area contributed by atoms with Crippen molar-refractivity contribution in [3.05, 3.63) is 212 Å². The largest absolute Gasteiger partial charge is 0.455 e. The maximum Gasteiger partial charge on any atom is 0.143 e. The van der Waals surface area contributed by atoms with Crippen LogP contribution in [-0.4, -0.2) is 0 Å². The van der Waals surface area contributed by atoms with Crippen LogP contribution in [0.2, 0.25) is 0 Å². The van der Waals surface area contributed by atoms with Crippen molar-refractivity contribution in [2.45, 2.75) is 0 Å². The summed E-state index contributed by atoms with van der Waals surface area (Å²) in [6.07, 6.45) is 0. The summed E-state index contributed by atoms with van der Waals surface area (Å²) in [5.74, 6) is 0. The van der Waals surface area contributed by atoms with E-state index < -0.39 is 0 Å².